The largest absolute Gasteiger partial charge is 0.308 e. The molecule has 80 valence electrons. The lowest BCUT2D eigenvalue weighted by Crippen LogP contribution is -2.12. The third-order valence-corrected chi connectivity index (χ3v) is 4.11. The van der Waals surface area contributed by atoms with Crippen molar-refractivity contribution in [3.8, 4) is 0 Å². The molecule has 0 fully saturated rings. The van der Waals surface area contributed by atoms with Crippen molar-refractivity contribution in [2.45, 2.75) is 26.4 Å². The van der Waals surface area contributed by atoms with Gasteiger partial charge >= 0.3 is 0 Å². The van der Waals surface area contributed by atoms with Gasteiger partial charge in [-0.2, -0.15) is 11.3 Å². The van der Waals surface area contributed by atoms with Crippen molar-refractivity contribution >= 4 is 22.7 Å². The van der Waals surface area contributed by atoms with E-state index in [1.807, 2.05) is 11.3 Å². The van der Waals surface area contributed by atoms with Gasteiger partial charge in [-0.15, -0.1) is 11.3 Å². The van der Waals surface area contributed by atoms with Crippen LogP contribution in [0.15, 0.2) is 28.3 Å². The predicted molar refractivity (Wildman–Crippen MR) is 68.6 cm³/mol. The first-order valence-electron chi connectivity index (χ1n) is 5.17. The molecule has 2 aromatic heterocycles. The second kappa shape index (κ2) is 5.45. The van der Waals surface area contributed by atoms with Gasteiger partial charge in [0.1, 0.15) is 0 Å². The maximum Gasteiger partial charge on any atom is 0.0305 e. The lowest BCUT2D eigenvalue weighted by atomic mass is 10.2. The van der Waals surface area contributed by atoms with E-state index in [4.69, 9.17) is 0 Å². The van der Waals surface area contributed by atoms with E-state index in [1.54, 1.807) is 11.3 Å². The van der Waals surface area contributed by atoms with Crippen molar-refractivity contribution in [3.05, 3.63) is 44.3 Å². The van der Waals surface area contributed by atoms with E-state index >= 15 is 0 Å². The second-order valence-electron chi connectivity index (χ2n) is 3.46. The van der Waals surface area contributed by atoms with Crippen LogP contribution in [-0.4, -0.2) is 0 Å². The number of hydrogen-bond donors (Lipinski definition) is 1. The zero-order valence-electron chi connectivity index (χ0n) is 8.82. The van der Waals surface area contributed by atoms with Gasteiger partial charge in [-0.1, -0.05) is 6.92 Å². The Balaban J connectivity index is 1.83. The molecular formula is C12H15NS2. The van der Waals surface area contributed by atoms with Gasteiger partial charge in [0.15, 0.2) is 0 Å². The quantitative estimate of drug-likeness (QED) is 0.837. The van der Waals surface area contributed by atoms with Crippen molar-refractivity contribution < 1.29 is 0 Å². The van der Waals surface area contributed by atoms with Gasteiger partial charge in [-0.25, -0.2) is 0 Å². The Hall–Kier alpha value is -0.640. The molecule has 0 atom stereocenters. The number of nitrogens with one attached hydrogen (secondary N) is 1. The Morgan fingerprint density at radius 2 is 2.13 bits per heavy atom. The lowest BCUT2D eigenvalue weighted by Gasteiger charge is -2.03. The van der Waals surface area contributed by atoms with Crippen LogP contribution in [0, 0.1) is 0 Å². The second-order valence-corrected chi connectivity index (χ2v) is 5.24. The smallest absolute Gasteiger partial charge is 0.0305 e. The standard InChI is InChI=1S/C12H15NS2/c1-2-11-4-6-15-12(11)8-13-7-10-3-5-14-9-10/h3-6,9,13H,2,7-8H2,1H3. The molecule has 1 nitrogen and oxygen atoms in total. The van der Waals surface area contributed by atoms with E-state index in [0.29, 0.717) is 0 Å². The van der Waals surface area contributed by atoms with E-state index in [9.17, 15) is 0 Å². The number of hydrogen-bond acceptors (Lipinski definition) is 3. The van der Waals surface area contributed by atoms with E-state index < -0.39 is 0 Å². The highest BCUT2D eigenvalue weighted by atomic mass is 32.1. The molecule has 0 unspecified atom stereocenters. The molecule has 0 saturated heterocycles. The molecule has 3 heteroatoms. The lowest BCUT2D eigenvalue weighted by molar-refractivity contribution is 0.698. The summed E-state index contributed by atoms with van der Waals surface area (Å²) in [5.41, 5.74) is 2.87. The summed E-state index contributed by atoms with van der Waals surface area (Å²) in [6, 6.07) is 4.40. The van der Waals surface area contributed by atoms with Crippen molar-refractivity contribution in [1.29, 1.82) is 0 Å². The molecule has 2 rings (SSSR count). The third-order valence-electron chi connectivity index (χ3n) is 2.41. The highest BCUT2D eigenvalue weighted by molar-refractivity contribution is 7.10. The minimum atomic E-state index is 0.977. The fraction of sp³-hybridized carbons (Fsp3) is 0.333. The van der Waals surface area contributed by atoms with Gasteiger partial charge < -0.3 is 5.32 Å². The van der Waals surface area contributed by atoms with Crippen LogP contribution in [-0.2, 0) is 19.5 Å². The van der Waals surface area contributed by atoms with Crippen LogP contribution < -0.4 is 5.32 Å². The zero-order valence-corrected chi connectivity index (χ0v) is 10.5. The molecule has 0 saturated carbocycles. The highest BCUT2D eigenvalue weighted by Gasteiger charge is 2.01. The summed E-state index contributed by atoms with van der Waals surface area (Å²) >= 11 is 3.61. The monoisotopic (exact) mass is 237 g/mol. The topological polar surface area (TPSA) is 12.0 Å². The summed E-state index contributed by atoms with van der Waals surface area (Å²) in [6.07, 6.45) is 1.14. The molecule has 2 heterocycles. The third kappa shape index (κ3) is 2.91. The first-order valence-corrected chi connectivity index (χ1v) is 6.99. The summed E-state index contributed by atoms with van der Waals surface area (Å²) < 4.78 is 0. The van der Waals surface area contributed by atoms with Gasteiger partial charge in [0, 0.05) is 18.0 Å². The summed E-state index contributed by atoms with van der Waals surface area (Å²) in [6.45, 7) is 4.19. The average Bonchev–Trinajstić information content (AvgIpc) is 2.88. The van der Waals surface area contributed by atoms with Gasteiger partial charge in [-0.05, 0) is 45.8 Å². The van der Waals surface area contributed by atoms with Gasteiger partial charge in [0.05, 0.1) is 0 Å². The van der Waals surface area contributed by atoms with Crippen LogP contribution in [0.1, 0.15) is 22.9 Å². The average molecular weight is 237 g/mol. The van der Waals surface area contributed by atoms with Crippen LogP contribution in [0.4, 0.5) is 0 Å². The molecule has 0 aliphatic heterocycles. The van der Waals surface area contributed by atoms with Crippen LogP contribution >= 0.6 is 22.7 Å². The summed E-state index contributed by atoms with van der Waals surface area (Å²) in [7, 11) is 0. The van der Waals surface area contributed by atoms with Crippen LogP contribution in [0.5, 0.6) is 0 Å². The number of rotatable bonds is 5. The van der Waals surface area contributed by atoms with Crippen LogP contribution in [0.2, 0.25) is 0 Å². The predicted octanol–water partition coefficient (Wildman–Crippen LogP) is 3.66. The first kappa shape index (κ1) is 10.9. The van der Waals surface area contributed by atoms with Crippen molar-refractivity contribution in [1.82, 2.24) is 5.32 Å². The first-order chi connectivity index (χ1) is 7.40. The zero-order chi connectivity index (χ0) is 10.5. The van der Waals surface area contributed by atoms with E-state index in [2.05, 4.69) is 40.5 Å². The molecule has 0 aliphatic carbocycles. The molecule has 1 N–H and O–H groups in total. The minimum absolute atomic E-state index is 0.977. The minimum Gasteiger partial charge on any atom is -0.308 e. The summed E-state index contributed by atoms with van der Waals surface area (Å²) in [4.78, 5) is 1.48. The Bertz CT molecular complexity index is 389. The van der Waals surface area contributed by atoms with Crippen molar-refractivity contribution in [2.75, 3.05) is 0 Å². The number of aryl methyl sites for hydroxylation is 1. The van der Waals surface area contributed by atoms with Crippen molar-refractivity contribution in [3.63, 3.8) is 0 Å². The highest BCUT2D eigenvalue weighted by Crippen LogP contribution is 2.17. The Kier molecular flexibility index (Phi) is 3.94. The Labute approximate surface area is 98.8 Å². The molecule has 0 bridgehead atoms. The van der Waals surface area contributed by atoms with Crippen LogP contribution in [0.3, 0.4) is 0 Å². The maximum atomic E-state index is 3.48. The van der Waals surface area contributed by atoms with Crippen LogP contribution in [0.25, 0.3) is 0 Å². The molecule has 15 heavy (non-hydrogen) atoms. The fourth-order valence-corrected chi connectivity index (χ4v) is 3.17. The molecule has 0 amide bonds. The molecular weight excluding hydrogens is 222 g/mol. The molecule has 2 aromatic rings. The molecule has 0 aliphatic rings. The van der Waals surface area contributed by atoms with E-state index in [1.165, 1.54) is 16.0 Å². The normalized spacial score (nSPS) is 10.7. The number of thiophene rings is 2. The van der Waals surface area contributed by atoms with E-state index in [0.717, 1.165) is 19.5 Å². The van der Waals surface area contributed by atoms with Crippen molar-refractivity contribution in [2.24, 2.45) is 0 Å². The van der Waals surface area contributed by atoms with Gasteiger partial charge in [-0.3, -0.25) is 0 Å². The molecule has 0 radical (unpaired) electrons. The SMILES string of the molecule is CCc1ccsc1CNCc1ccsc1. The molecule has 0 aromatic carbocycles. The Morgan fingerprint density at radius 1 is 1.20 bits per heavy atom. The van der Waals surface area contributed by atoms with E-state index in [-0.39, 0.29) is 0 Å². The maximum absolute atomic E-state index is 3.48. The Morgan fingerprint density at radius 3 is 2.87 bits per heavy atom. The molecule has 0 spiro atoms. The summed E-state index contributed by atoms with van der Waals surface area (Å²) in [5, 5.41) is 9.98. The summed E-state index contributed by atoms with van der Waals surface area (Å²) in [5.74, 6) is 0. The van der Waals surface area contributed by atoms with Gasteiger partial charge in [0.25, 0.3) is 0 Å². The fourth-order valence-electron chi connectivity index (χ4n) is 1.55. The van der Waals surface area contributed by atoms with Gasteiger partial charge in [0.2, 0.25) is 0 Å².